The summed E-state index contributed by atoms with van der Waals surface area (Å²) in [7, 11) is -3.54. The first kappa shape index (κ1) is 9.91. The zero-order chi connectivity index (χ0) is 9.35. The van der Waals surface area contributed by atoms with Gasteiger partial charge in [-0.15, -0.1) is 0 Å². The molecule has 0 bridgehead atoms. The fourth-order valence-corrected chi connectivity index (χ4v) is 2.17. The molecule has 0 aromatic rings. The van der Waals surface area contributed by atoms with Gasteiger partial charge in [0, 0.05) is 13.1 Å². The van der Waals surface area contributed by atoms with Crippen LogP contribution in [0.2, 0.25) is 0 Å². The Hall–Kier alpha value is -0.170. The van der Waals surface area contributed by atoms with Crippen molar-refractivity contribution < 1.29 is 13.2 Å². The van der Waals surface area contributed by atoms with E-state index in [2.05, 4.69) is 0 Å². The minimum absolute atomic E-state index is 0.0768. The first-order chi connectivity index (χ1) is 5.39. The summed E-state index contributed by atoms with van der Waals surface area (Å²) in [5.41, 5.74) is 0. The van der Waals surface area contributed by atoms with E-state index in [1.54, 1.807) is 0 Å². The van der Waals surface area contributed by atoms with Crippen LogP contribution in [0.4, 0.5) is 0 Å². The Morgan fingerprint density at radius 3 is 2.08 bits per heavy atom. The number of hydrogen-bond donors (Lipinski definition) is 1. The van der Waals surface area contributed by atoms with Gasteiger partial charge in [-0.2, -0.15) is 12.7 Å². The van der Waals surface area contributed by atoms with E-state index in [1.165, 1.54) is 4.31 Å². The van der Waals surface area contributed by atoms with Crippen molar-refractivity contribution in [3.05, 3.63) is 0 Å². The monoisotopic (exact) mass is 194 g/mol. The molecule has 1 saturated heterocycles. The highest BCUT2D eigenvalue weighted by Gasteiger charge is 2.28. The lowest BCUT2D eigenvalue weighted by atomic mass is 10.3. The van der Waals surface area contributed by atoms with E-state index in [-0.39, 0.29) is 12.2 Å². The molecule has 0 aromatic heterocycles. The smallest absolute Gasteiger partial charge is 0.277 e. The average Bonchev–Trinajstić information content (AvgIpc) is 1.82. The average molecular weight is 194 g/mol. The maximum absolute atomic E-state index is 10.9. The number of rotatable bonds is 1. The number of ether oxygens (including phenoxy) is 1. The molecule has 1 heterocycles. The fraction of sp³-hybridized carbons (Fsp3) is 1.00. The van der Waals surface area contributed by atoms with E-state index >= 15 is 0 Å². The van der Waals surface area contributed by atoms with Crippen LogP contribution in [0.15, 0.2) is 0 Å². The second kappa shape index (κ2) is 3.29. The molecule has 6 heteroatoms. The molecular formula is C6H14N2O3S. The van der Waals surface area contributed by atoms with Gasteiger partial charge < -0.3 is 4.74 Å². The second-order valence-corrected chi connectivity index (χ2v) is 4.67. The first-order valence-electron chi connectivity index (χ1n) is 3.83. The summed E-state index contributed by atoms with van der Waals surface area (Å²) in [6.07, 6.45) is -0.154. The molecule has 12 heavy (non-hydrogen) atoms. The molecule has 2 N–H and O–H groups in total. The summed E-state index contributed by atoms with van der Waals surface area (Å²) < 4.78 is 28.4. The zero-order valence-electron chi connectivity index (χ0n) is 7.23. The predicted molar refractivity (Wildman–Crippen MR) is 44.7 cm³/mol. The Bertz CT molecular complexity index is 242. The molecule has 72 valence electrons. The third-order valence-corrected chi connectivity index (χ3v) is 2.76. The summed E-state index contributed by atoms with van der Waals surface area (Å²) >= 11 is 0. The lowest BCUT2D eigenvalue weighted by Gasteiger charge is -2.33. The summed E-state index contributed by atoms with van der Waals surface area (Å²) in [6, 6.07) is 0. The maximum atomic E-state index is 10.9. The van der Waals surface area contributed by atoms with Crippen LogP contribution < -0.4 is 5.14 Å². The zero-order valence-corrected chi connectivity index (χ0v) is 8.04. The van der Waals surface area contributed by atoms with Gasteiger partial charge in [-0.05, 0) is 13.8 Å². The van der Waals surface area contributed by atoms with Gasteiger partial charge in [-0.1, -0.05) is 0 Å². The van der Waals surface area contributed by atoms with Gasteiger partial charge in [0.25, 0.3) is 10.2 Å². The van der Waals surface area contributed by atoms with E-state index < -0.39 is 10.2 Å². The number of nitrogens with zero attached hydrogens (tertiary/aromatic N) is 1. The van der Waals surface area contributed by atoms with E-state index in [0.29, 0.717) is 13.1 Å². The van der Waals surface area contributed by atoms with Crippen molar-refractivity contribution >= 4 is 10.2 Å². The third kappa shape index (κ3) is 2.41. The number of morpholine rings is 1. The largest absolute Gasteiger partial charge is 0.373 e. The molecule has 0 amide bonds. The summed E-state index contributed by atoms with van der Waals surface area (Å²) in [5, 5.41) is 4.98. The van der Waals surface area contributed by atoms with Crippen molar-refractivity contribution in [3.63, 3.8) is 0 Å². The predicted octanol–water partition coefficient (Wildman–Crippen LogP) is -0.701. The molecule has 5 nitrogen and oxygen atoms in total. The number of nitrogens with two attached hydrogens (primary N) is 1. The molecule has 0 spiro atoms. The van der Waals surface area contributed by atoms with Crippen molar-refractivity contribution in [2.75, 3.05) is 13.1 Å². The third-order valence-electron chi connectivity index (χ3n) is 1.75. The highest BCUT2D eigenvalue weighted by Crippen LogP contribution is 2.11. The highest BCUT2D eigenvalue weighted by molar-refractivity contribution is 7.86. The molecule has 2 atom stereocenters. The Morgan fingerprint density at radius 2 is 1.75 bits per heavy atom. The standard InChI is InChI=1S/C6H14N2O3S/c1-5-3-8(12(7,9)10)4-6(2)11-5/h5-6H,3-4H2,1-2H3,(H2,7,9,10). The minimum Gasteiger partial charge on any atom is -0.373 e. The topological polar surface area (TPSA) is 72.6 Å². The molecule has 2 unspecified atom stereocenters. The Morgan fingerprint density at radius 1 is 1.33 bits per heavy atom. The lowest BCUT2D eigenvalue weighted by Crippen LogP contribution is -2.50. The van der Waals surface area contributed by atoms with Crippen molar-refractivity contribution in [1.82, 2.24) is 4.31 Å². The van der Waals surface area contributed by atoms with Crippen LogP contribution in [0.5, 0.6) is 0 Å². The molecule has 1 fully saturated rings. The van der Waals surface area contributed by atoms with E-state index in [0.717, 1.165) is 0 Å². The van der Waals surface area contributed by atoms with E-state index in [4.69, 9.17) is 9.88 Å². The Balaban J connectivity index is 2.68. The SMILES string of the molecule is CC1CN(S(N)(=O)=O)CC(C)O1. The van der Waals surface area contributed by atoms with Crippen molar-refractivity contribution in [2.24, 2.45) is 5.14 Å². The Labute approximate surface area is 72.7 Å². The van der Waals surface area contributed by atoms with Crippen LogP contribution in [0, 0.1) is 0 Å². The van der Waals surface area contributed by atoms with Crippen LogP contribution in [0.1, 0.15) is 13.8 Å². The van der Waals surface area contributed by atoms with Crippen molar-refractivity contribution in [1.29, 1.82) is 0 Å². The van der Waals surface area contributed by atoms with Gasteiger partial charge in [0.2, 0.25) is 0 Å². The molecule has 1 aliphatic heterocycles. The van der Waals surface area contributed by atoms with Crippen LogP contribution in [-0.2, 0) is 14.9 Å². The van der Waals surface area contributed by atoms with Gasteiger partial charge in [-0.3, -0.25) is 0 Å². The van der Waals surface area contributed by atoms with Crippen LogP contribution in [-0.4, -0.2) is 38.0 Å². The summed E-state index contributed by atoms with van der Waals surface area (Å²) in [6.45, 7) is 4.36. The fourth-order valence-electron chi connectivity index (χ4n) is 1.34. The molecule has 0 aliphatic carbocycles. The van der Waals surface area contributed by atoms with Gasteiger partial charge in [0.05, 0.1) is 12.2 Å². The van der Waals surface area contributed by atoms with Crippen molar-refractivity contribution in [2.45, 2.75) is 26.1 Å². The molecule has 1 aliphatic rings. The summed E-state index contributed by atoms with van der Waals surface area (Å²) in [5.74, 6) is 0. The molecule has 0 saturated carbocycles. The maximum Gasteiger partial charge on any atom is 0.277 e. The van der Waals surface area contributed by atoms with E-state index in [1.807, 2.05) is 13.8 Å². The molecule has 1 rings (SSSR count). The van der Waals surface area contributed by atoms with Gasteiger partial charge >= 0.3 is 0 Å². The normalized spacial score (nSPS) is 33.6. The van der Waals surface area contributed by atoms with Crippen molar-refractivity contribution in [3.8, 4) is 0 Å². The van der Waals surface area contributed by atoms with Crippen LogP contribution in [0.3, 0.4) is 0 Å². The quantitative estimate of drug-likeness (QED) is 0.600. The number of hydrogen-bond acceptors (Lipinski definition) is 3. The minimum atomic E-state index is -3.54. The lowest BCUT2D eigenvalue weighted by molar-refractivity contribution is -0.0440. The van der Waals surface area contributed by atoms with Gasteiger partial charge in [0.1, 0.15) is 0 Å². The Kier molecular flexibility index (Phi) is 2.72. The van der Waals surface area contributed by atoms with Gasteiger partial charge in [0.15, 0.2) is 0 Å². The van der Waals surface area contributed by atoms with Gasteiger partial charge in [-0.25, -0.2) is 5.14 Å². The van der Waals surface area contributed by atoms with Crippen LogP contribution >= 0.6 is 0 Å². The molecule has 0 radical (unpaired) electrons. The second-order valence-electron chi connectivity index (χ2n) is 3.12. The summed E-state index contributed by atoms with van der Waals surface area (Å²) in [4.78, 5) is 0. The molecular weight excluding hydrogens is 180 g/mol. The van der Waals surface area contributed by atoms with E-state index in [9.17, 15) is 8.42 Å². The van der Waals surface area contributed by atoms with Crippen LogP contribution in [0.25, 0.3) is 0 Å². The molecule has 0 aromatic carbocycles. The highest BCUT2D eigenvalue weighted by atomic mass is 32.2. The first-order valence-corrected chi connectivity index (χ1v) is 5.33.